The van der Waals surface area contributed by atoms with Crippen LogP contribution >= 0.6 is 0 Å². The molecule has 1 amide bonds. The maximum absolute atomic E-state index is 11.3. The van der Waals surface area contributed by atoms with Gasteiger partial charge < -0.3 is 16.3 Å². The van der Waals surface area contributed by atoms with E-state index in [0.717, 1.165) is 0 Å². The molecular formula is C8H15N3O2. The molecule has 4 N–H and O–H groups in total. The zero-order chi connectivity index (χ0) is 9.84. The van der Waals surface area contributed by atoms with Gasteiger partial charge in [-0.1, -0.05) is 5.16 Å². The zero-order valence-electron chi connectivity index (χ0n) is 7.66. The van der Waals surface area contributed by atoms with E-state index in [9.17, 15) is 4.79 Å². The molecule has 1 aliphatic carbocycles. The van der Waals surface area contributed by atoms with Crippen molar-refractivity contribution in [3.8, 4) is 0 Å². The minimum absolute atomic E-state index is 0.0479. The normalized spacial score (nSPS) is 19.6. The van der Waals surface area contributed by atoms with Gasteiger partial charge in [0.1, 0.15) is 0 Å². The summed E-state index contributed by atoms with van der Waals surface area (Å²) in [5, 5.41) is 13.9. The quantitative estimate of drug-likeness (QED) is 0.247. The molecule has 0 aliphatic heterocycles. The molecule has 1 unspecified atom stereocenters. The molecule has 0 radical (unpaired) electrons. The predicted octanol–water partition coefficient (Wildman–Crippen LogP) is -0.105. The first-order valence-electron chi connectivity index (χ1n) is 4.40. The van der Waals surface area contributed by atoms with Gasteiger partial charge in [0, 0.05) is 6.54 Å². The summed E-state index contributed by atoms with van der Waals surface area (Å²) in [6.07, 6.45) is 2.39. The first kappa shape index (κ1) is 9.83. The number of carbonyl (C=O) groups excluding carboxylic acids is 1. The van der Waals surface area contributed by atoms with E-state index >= 15 is 0 Å². The van der Waals surface area contributed by atoms with Crippen LogP contribution in [0.2, 0.25) is 0 Å². The monoisotopic (exact) mass is 185 g/mol. The highest BCUT2D eigenvalue weighted by Crippen LogP contribution is 2.27. The molecule has 74 valence electrons. The Hall–Kier alpha value is -1.26. The van der Waals surface area contributed by atoms with Crippen LogP contribution < -0.4 is 11.1 Å². The van der Waals surface area contributed by atoms with Crippen molar-refractivity contribution in [2.75, 3.05) is 6.54 Å². The van der Waals surface area contributed by atoms with Gasteiger partial charge in [-0.25, -0.2) is 0 Å². The smallest absolute Gasteiger partial charge is 0.230 e. The minimum atomic E-state index is -0.552. The maximum atomic E-state index is 11.3. The molecule has 1 fully saturated rings. The highest BCUT2D eigenvalue weighted by atomic mass is 16.4. The van der Waals surface area contributed by atoms with Crippen LogP contribution in [-0.2, 0) is 4.79 Å². The fourth-order valence-corrected chi connectivity index (χ4v) is 0.941. The molecule has 1 atom stereocenters. The van der Waals surface area contributed by atoms with Crippen LogP contribution in [0, 0.1) is 11.8 Å². The largest absolute Gasteiger partial charge is 0.409 e. The van der Waals surface area contributed by atoms with Gasteiger partial charge in [0.15, 0.2) is 5.84 Å². The van der Waals surface area contributed by atoms with Gasteiger partial charge in [-0.05, 0) is 25.7 Å². The van der Waals surface area contributed by atoms with E-state index in [1.54, 1.807) is 6.92 Å². The van der Waals surface area contributed by atoms with Gasteiger partial charge in [0.05, 0.1) is 5.92 Å². The third-order valence-electron chi connectivity index (χ3n) is 2.21. The fourth-order valence-electron chi connectivity index (χ4n) is 0.941. The zero-order valence-corrected chi connectivity index (χ0v) is 7.66. The number of rotatable bonds is 4. The van der Waals surface area contributed by atoms with E-state index in [0.29, 0.717) is 12.5 Å². The molecule has 5 heteroatoms. The van der Waals surface area contributed by atoms with Crippen LogP contribution in [0.25, 0.3) is 0 Å². The number of hydrogen-bond acceptors (Lipinski definition) is 3. The van der Waals surface area contributed by atoms with Gasteiger partial charge in [0.2, 0.25) is 5.91 Å². The molecule has 0 aromatic heterocycles. The van der Waals surface area contributed by atoms with Crippen LogP contribution in [0.5, 0.6) is 0 Å². The van der Waals surface area contributed by atoms with Gasteiger partial charge in [0.25, 0.3) is 0 Å². The first-order valence-corrected chi connectivity index (χ1v) is 4.40. The number of nitrogens with one attached hydrogen (secondary N) is 1. The van der Waals surface area contributed by atoms with Gasteiger partial charge in [-0.2, -0.15) is 0 Å². The van der Waals surface area contributed by atoms with E-state index in [1.165, 1.54) is 12.8 Å². The van der Waals surface area contributed by atoms with E-state index in [2.05, 4.69) is 10.5 Å². The molecule has 5 nitrogen and oxygen atoms in total. The van der Waals surface area contributed by atoms with Crippen LogP contribution in [0.3, 0.4) is 0 Å². The molecule has 0 bridgehead atoms. The molecule has 0 aromatic carbocycles. The van der Waals surface area contributed by atoms with E-state index in [-0.39, 0.29) is 11.7 Å². The second-order valence-corrected chi connectivity index (χ2v) is 3.44. The molecule has 0 heterocycles. The van der Waals surface area contributed by atoms with Crippen molar-refractivity contribution in [2.45, 2.75) is 19.8 Å². The second-order valence-electron chi connectivity index (χ2n) is 3.44. The number of amidine groups is 1. The van der Waals surface area contributed by atoms with E-state index in [4.69, 9.17) is 10.9 Å². The lowest BCUT2D eigenvalue weighted by Crippen LogP contribution is -2.38. The molecule has 1 aliphatic rings. The Bertz CT molecular complexity index is 223. The Balaban J connectivity index is 2.28. The number of oxime groups is 1. The summed E-state index contributed by atoms with van der Waals surface area (Å²) < 4.78 is 0. The van der Waals surface area contributed by atoms with Crippen molar-refractivity contribution in [2.24, 2.45) is 22.7 Å². The predicted molar refractivity (Wildman–Crippen MR) is 48.3 cm³/mol. The summed E-state index contributed by atoms with van der Waals surface area (Å²) in [5.74, 6) is -0.136. The van der Waals surface area contributed by atoms with Gasteiger partial charge in [-0.3, -0.25) is 4.79 Å². The van der Waals surface area contributed by atoms with Crippen LogP contribution in [0.4, 0.5) is 0 Å². The molecular weight excluding hydrogens is 170 g/mol. The summed E-state index contributed by atoms with van der Waals surface area (Å²) >= 11 is 0. The summed E-state index contributed by atoms with van der Waals surface area (Å²) in [6, 6.07) is 0. The van der Waals surface area contributed by atoms with Crippen molar-refractivity contribution in [1.29, 1.82) is 0 Å². The molecule has 1 rings (SSSR count). The van der Waals surface area contributed by atoms with Gasteiger partial charge >= 0.3 is 0 Å². The lowest BCUT2D eigenvalue weighted by Gasteiger charge is -2.09. The first-order chi connectivity index (χ1) is 6.15. The number of hydrogen-bond donors (Lipinski definition) is 3. The Morgan fingerprint density at radius 2 is 2.38 bits per heavy atom. The lowest BCUT2D eigenvalue weighted by molar-refractivity contribution is -0.122. The van der Waals surface area contributed by atoms with E-state index in [1.807, 2.05) is 0 Å². The minimum Gasteiger partial charge on any atom is -0.409 e. The van der Waals surface area contributed by atoms with Crippen LogP contribution in [0.15, 0.2) is 5.16 Å². The molecule has 1 saturated carbocycles. The van der Waals surface area contributed by atoms with Crippen LogP contribution in [-0.4, -0.2) is 23.5 Å². The average Bonchev–Trinajstić information content (AvgIpc) is 2.95. The number of nitrogens with two attached hydrogens (primary N) is 1. The van der Waals surface area contributed by atoms with Gasteiger partial charge in [-0.15, -0.1) is 0 Å². The molecule has 0 spiro atoms. The topological polar surface area (TPSA) is 87.7 Å². The third-order valence-corrected chi connectivity index (χ3v) is 2.21. The molecule has 0 saturated heterocycles. The second kappa shape index (κ2) is 4.11. The van der Waals surface area contributed by atoms with Crippen LogP contribution in [0.1, 0.15) is 19.8 Å². The molecule has 0 aromatic rings. The number of amides is 1. The Labute approximate surface area is 77.0 Å². The van der Waals surface area contributed by atoms with Crippen molar-refractivity contribution in [1.82, 2.24) is 5.32 Å². The number of carbonyl (C=O) groups is 1. The average molecular weight is 185 g/mol. The Morgan fingerprint density at radius 1 is 1.77 bits per heavy atom. The van der Waals surface area contributed by atoms with Crippen molar-refractivity contribution in [3.05, 3.63) is 0 Å². The Morgan fingerprint density at radius 3 is 2.85 bits per heavy atom. The molecule has 13 heavy (non-hydrogen) atoms. The summed E-state index contributed by atoms with van der Waals surface area (Å²) in [5.41, 5.74) is 5.28. The van der Waals surface area contributed by atoms with Crippen molar-refractivity contribution < 1.29 is 10.0 Å². The Kier molecular flexibility index (Phi) is 3.11. The summed E-state index contributed by atoms with van der Waals surface area (Å²) in [6.45, 7) is 2.32. The standard InChI is InChI=1S/C8H15N3O2/c1-5(7(9)11-13)8(12)10-4-6-2-3-6/h5-6,13H,2-4H2,1H3,(H2,9,11)(H,10,12). The summed E-state index contributed by atoms with van der Waals surface area (Å²) in [7, 11) is 0. The maximum Gasteiger partial charge on any atom is 0.230 e. The lowest BCUT2D eigenvalue weighted by atomic mass is 10.1. The number of nitrogens with zero attached hydrogens (tertiary/aromatic N) is 1. The third kappa shape index (κ3) is 2.93. The fraction of sp³-hybridized carbons (Fsp3) is 0.750. The summed E-state index contributed by atoms with van der Waals surface area (Å²) in [4.78, 5) is 11.3. The van der Waals surface area contributed by atoms with Crippen molar-refractivity contribution in [3.63, 3.8) is 0 Å². The van der Waals surface area contributed by atoms with E-state index < -0.39 is 5.92 Å². The highest BCUT2D eigenvalue weighted by Gasteiger charge is 2.24. The highest BCUT2D eigenvalue weighted by molar-refractivity contribution is 6.01. The SMILES string of the molecule is CC(C(=O)NCC1CC1)C(N)=NO. The van der Waals surface area contributed by atoms with Crippen molar-refractivity contribution >= 4 is 11.7 Å².